The molecule has 4 heterocycles. The summed E-state index contributed by atoms with van der Waals surface area (Å²) in [7, 11) is 1.89. The molecule has 0 amide bonds. The van der Waals surface area contributed by atoms with Gasteiger partial charge in [0.05, 0.1) is 34.5 Å². The number of aromatic carboxylic acids is 1. The lowest BCUT2D eigenvalue weighted by Gasteiger charge is -2.32. The second kappa shape index (κ2) is 5.20. The summed E-state index contributed by atoms with van der Waals surface area (Å²) in [5.41, 5.74) is 1.82. The Labute approximate surface area is 151 Å². The number of rotatable bonds is 2. The van der Waals surface area contributed by atoms with E-state index < -0.39 is 17.2 Å². The number of anilines is 2. The van der Waals surface area contributed by atoms with Gasteiger partial charge in [0.1, 0.15) is 16.2 Å². The monoisotopic (exact) mass is 373 g/mol. The van der Waals surface area contributed by atoms with Crippen LogP contribution in [0.15, 0.2) is 16.2 Å². The van der Waals surface area contributed by atoms with Crippen molar-refractivity contribution in [1.82, 2.24) is 4.40 Å². The molecule has 26 heavy (non-hydrogen) atoms. The largest absolute Gasteiger partial charge is 0.477 e. The smallest absolute Gasteiger partial charge is 0.342 e. The molecule has 2 aliphatic rings. The van der Waals surface area contributed by atoms with Gasteiger partial charge in [0.2, 0.25) is 5.43 Å². The molecule has 0 aliphatic carbocycles. The fourth-order valence-electron chi connectivity index (χ4n) is 4.24. The van der Waals surface area contributed by atoms with E-state index in [9.17, 15) is 14.7 Å². The van der Waals surface area contributed by atoms with Crippen molar-refractivity contribution < 1.29 is 14.3 Å². The zero-order valence-electron chi connectivity index (χ0n) is 14.1. The predicted octanol–water partition coefficient (Wildman–Crippen LogP) is 2.90. The Morgan fingerprint density at radius 2 is 2.00 bits per heavy atom. The average molecular weight is 373 g/mol. The first kappa shape index (κ1) is 15.6. The number of carboxylic acid groups (broad SMARTS) is 1. The van der Waals surface area contributed by atoms with Gasteiger partial charge in [-0.3, -0.25) is 9.20 Å². The molecule has 1 fully saturated rings. The average Bonchev–Trinajstić information content (AvgIpc) is 3.24. The molecular formula is C18H16FN3O3S. The number of hydrogen-bond donors (Lipinski definition) is 1. The number of thiazole rings is 1. The summed E-state index contributed by atoms with van der Waals surface area (Å²) in [6.07, 6.45) is 2.02. The van der Waals surface area contributed by atoms with Crippen LogP contribution in [0.2, 0.25) is 0 Å². The van der Waals surface area contributed by atoms with Crippen molar-refractivity contribution in [1.29, 1.82) is 0 Å². The maximum absolute atomic E-state index is 15.1. The minimum absolute atomic E-state index is 0.126. The molecule has 1 saturated heterocycles. The van der Waals surface area contributed by atoms with E-state index in [1.54, 1.807) is 0 Å². The number of carboxylic acids is 1. The highest BCUT2D eigenvalue weighted by Gasteiger charge is 2.32. The lowest BCUT2D eigenvalue weighted by atomic mass is 10.0. The van der Waals surface area contributed by atoms with Gasteiger partial charge in [0.15, 0.2) is 0 Å². The molecule has 134 valence electrons. The van der Waals surface area contributed by atoms with Crippen LogP contribution in [0.25, 0.3) is 15.7 Å². The molecule has 0 unspecified atom stereocenters. The van der Waals surface area contributed by atoms with Crippen molar-refractivity contribution in [2.45, 2.75) is 19.4 Å². The van der Waals surface area contributed by atoms with E-state index in [4.69, 9.17) is 0 Å². The van der Waals surface area contributed by atoms with Crippen molar-refractivity contribution >= 4 is 44.4 Å². The quantitative estimate of drug-likeness (QED) is 0.748. The van der Waals surface area contributed by atoms with Crippen LogP contribution in [0.1, 0.15) is 28.9 Å². The molecule has 1 aromatic carbocycles. The van der Waals surface area contributed by atoms with Gasteiger partial charge in [0, 0.05) is 25.5 Å². The van der Waals surface area contributed by atoms with Gasteiger partial charge in [-0.1, -0.05) is 0 Å². The summed E-state index contributed by atoms with van der Waals surface area (Å²) in [4.78, 5) is 29.0. The maximum atomic E-state index is 15.1. The third-order valence-corrected chi connectivity index (χ3v) is 6.32. The summed E-state index contributed by atoms with van der Waals surface area (Å²) >= 11 is 1.25. The summed E-state index contributed by atoms with van der Waals surface area (Å²) in [6.45, 7) is 2.10. The molecule has 0 bridgehead atoms. The van der Waals surface area contributed by atoms with Crippen LogP contribution < -0.4 is 15.2 Å². The number of nitrogens with zero attached hydrogens (tertiary/aromatic N) is 3. The SMILES string of the molecule is CN1Cc2csc3c(C(=O)O)c(=O)c4cc(F)c(N5CCCC5)c1c4n23. The minimum Gasteiger partial charge on any atom is -0.477 e. The first-order valence-corrected chi connectivity index (χ1v) is 9.37. The van der Waals surface area contributed by atoms with Gasteiger partial charge >= 0.3 is 5.97 Å². The van der Waals surface area contributed by atoms with E-state index in [2.05, 4.69) is 0 Å². The molecule has 0 saturated carbocycles. The lowest BCUT2D eigenvalue weighted by molar-refractivity contribution is 0.0697. The fourth-order valence-corrected chi connectivity index (χ4v) is 5.28. The zero-order valence-corrected chi connectivity index (χ0v) is 14.9. The molecule has 2 aromatic heterocycles. The molecule has 2 aliphatic heterocycles. The number of hydrogen-bond acceptors (Lipinski definition) is 5. The van der Waals surface area contributed by atoms with E-state index in [0.717, 1.165) is 31.6 Å². The van der Waals surface area contributed by atoms with Crippen LogP contribution in [0.3, 0.4) is 0 Å². The third-order valence-electron chi connectivity index (χ3n) is 5.32. The van der Waals surface area contributed by atoms with Crippen molar-refractivity contribution in [3.05, 3.63) is 38.7 Å². The Balaban J connectivity index is 2.02. The van der Waals surface area contributed by atoms with Crippen molar-refractivity contribution in [3.63, 3.8) is 0 Å². The highest BCUT2D eigenvalue weighted by Crippen LogP contribution is 2.43. The number of pyridine rings is 1. The Morgan fingerprint density at radius 3 is 2.69 bits per heavy atom. The second-order valence-electron chi connectivity index (χ2n) is 6.88. The van der Waals surface area contributed by atoms with Crippen LogP contribution in [0.5, 0.6) is 0 Å². The zero-order chi connectivity index (χ0) is 18.2. The molecule has 5 rings (SSSR count). The van der Waals surface area contributed by atoms with Gasteiger partial charge in [0.25, 0.3) is 0 Å². The fraction of sp³-hybridized carbons (Fsp3) is 0.333. The van der Waals surface area contributed by atoms with E-state index in [1.165, 1.54) is 17.4 Å². The minimum atomic E-state index is -1.28. The van der Waals surface area contributed by atoms with E-state index >= 15 is 4.39 Å². The predicted molar refractivity (Wildman–Crippen MR) is 99.5 cm³/mol. The van der Waals surface area contributed by atoms with Crippen LogP contribution >= 0.6 is 11.3 Å². The van der Waals surface area contributed by atoms with Crippen molar-refractivity contribution in [3.8, 4) is 0 Å². The van der Waals surface area contributed by atoms with Gasteiger partial charge in [-0.25, -0.2) is 9.18 Å². The van der Waals surface area contributed by atoms with E-state index in [-0.39, 0.29) is 10.9 Å². The van der Waals surface area contributed by atoms with Crippen LogP contribution in [-0.2, 0) is 6.54 Å². The Bertz CT molecular complexity index is 1160. The van der Waals surface area contributed by atoms with Crippen LogP contribution in [0, 0.1) is 5.82 Å². The molecule has 1 N–H and O–H groups in total. The summed E-state index contributed by atoms with van der Waals surface area (Å²) < 4.78 is 16.9. The molecule has 0 atom stereocenters. The highest BCUT2D eigenvalue weighted by atomic mass is 32.1. The molecule has 0 spiro atoms. The van der Waals surface area contributed by atoms with E-state index in [1.807, 2.05) is 26.6 Å². The Hall–Kier alpha value is -2.61. The summed E-state index contributed by atoms with van der Waals surface area (Å²) in [5, 5.41) is 11.5. The summed E-state index contributed by atoms with van der Waals surface area (Å²) in [6, 6.07) is 1.22. The van der Waals surface area contributed by atoms with Crippen molar-refractivity contribution in [2.24, 2.45) is 0 Å². The van der Waals surface area contributed by atoms with Gasteiger partial charge in [-0.05, 0) is 18.9 Å². The molecule has 6 nitrogen and oxygen atoms in total. The van der Waals surface area contributed by atoms with Gasteiger partial charge in [-0.2, -0.15) is 0 Å². The molecule has 3 aromatic rings. The Kier molecular flexibility index (Phi) is 3.13. The molecular weight excluding hydrogens is 357 g/mol. The van der Waals surface area contributed by atoms with Gasteiger partial charge in [-0.15, -0.1) is 11.3 Å². The van der Waals surface area contributed by atoms with Crippen LogP contribution in [-0.4, -0.2) is 35.6 Å². The standard InChI is InChI=1S/C18H16FN3O3S/c1-20-7-9-8-26-17-12(18(24)25)16(23)10-6-11(19)14(21-4-2-3-5-21)15(20)13(10)22(9)17/h6,8H,2-5,7H2,1H3,(H,24,25). The number of carbonyl (C=O) groups is 1. The number of halogens is 1. The topological polar surface area (TPSA) is 65.3 Å². The van der Waals surface area contributed by atoms with Crippen LogP contribution in [0.4, 0.5) is 15.8 Å². The number of aromatic nitrogens is 1. The van der Waals surface area contributed by atoms with Crippen molar-refractivity contribution in [2.75, 3.05) is 29.9 Å². The number of benzene rings is 1. The summed E-state index contributed by atoms with van der Waals surface area (Å²) in [5.74, 6) is -1.74. The normalized spacial score (nSPS) is 16.4. The molecule has 0 radical (unpaired) electrons. The third kappa shape index (κ3) is 1.85. The second-order valence-corrected chi connectivity index (χ2v) is 7.74. The Morgan fingerprint density at radius 1 is 1.27 bits per heavy atom. The highest BCUT2D eigenvalue weighted by molar-refractivity contribution is 7.16. The lowest BCUT2D eigenvalue weighted by Crippen LogP contribution is -2.30. The van der Waals surface area contributed by atoms with E-state index in [0.29, 0.717) is 28.3 Å². The first-order chi connectivity index (χ1) is 12.5. The first-order valence-electron chi connectivity index (χ1n) is 8.49. The maximum Gasteiger partial charge on any atom is 0.342 e. The van der Waals surface area contributed by atoms with Gasteiger partial charge < -0.3 is 14.9 Å². The molecule has 8 heteroatoms.